The van der Waals surface area contributed by atoms with Crippen molar-refractivity contribution in [3.63, 3.8) is 0 Å². The Labute approximate surface area is 177 Å². The summed E-state index contributed by atoms with van der Waals surface area (Å²) in [5, 5.41) is 6.65. The van der Waals surface area contributed by atoms with Gasteiger partial charge in [-0.05, 0) is 37.6 Å². The van der Waals surface area contributed by atoms with Gasteiger partial charge in [-0.3, -0.25) is 9.98 Å². The van der Waals surface area contributed by atoms with Gasteiger partial charge in [0.05, 0.1) is 11.0 Å². The number of guanidine groups is 1. The van der Waals surface area contributed by atoms with Crippen LogP contribution in [0.25, 0.3) is 11.0 Å². The number of imidazole rings is 1. The van der Waals surface area contributed by atoms with Crippen LogP contribution in [0.4, 0.5) is 0 Å². The summed E-state index contributed by atoms with van der Waals surface area (Å²) in [6.45, 7) is 4.49. The van der Waals surface area contributed by atoms with Crippen molar-refractivity contribution < 1.29 is 0 Å². The molecule has 0 spiro atoms. The summed E-state index contributed by atoms with van der Waals surface area (Å²) >= 11 is 0. The highest BCUT2D eigenvalue weighted by Gasteiger charge is 2.02. The quantitative estimate of drug-likeness (QED) is 0.201. The van der Waals surface area contributed by atoms with E-state index in [4.69, 9.17) is 0 Å². The molecule has 3 rings (SSSR count). The Kier molecular flexibility index (Phi) is 9.03. The summed E-state index contributed by atoms with van der Waals surface area (Å²) in [6, 6.07) is 14.1. The molecule has 0 saturated carbocycles. The molecule has 0 amide bonds. The fourth-order valence-corrected chi connectivity index (χ4v) is 2.76. The highest BCUT2D eigenvalue weighted by atomic mass is 127. The zero-order valence-electron chi connectivity index (χ0n) is 15.6. The van der Waals surface area contributed by atoms with Gasteiger partial charge >= 0.3 is 0 Å². The second-order valence-corrected chi connectivity index (χ2v) is 6.06. The topological polar surface area (TPSA) is 78.0 Å². The number of pyridine rings is 1. The third-order valence-corrected chi connectivity index (χ3v) is 4.02. The number of hydrogen-bond donors (Lipinski definition) is 3. The van der Waals surface area contributed by atoms with Crippen molar-refractivity contribution in [1.82, 2.24) is 25.6 Å². The summed E-state index contributed by atoms with van der Waals surface area (Å²) < 4.78 is 0. The second-order valence-electron chi connectivity index (χ2n) is 6.06. The van der Waals surface area contributed by atoms with E-state index in [1.807, 2.05) is 42.6 Å². The van der Waals surface area contributed by atoms with Crippen molar-refractivity contribution >= 4 is 41.0 Å². The van der Waals surface area contributed by atoms with Crippen LogP contribution in [0.15, 0.2) is 53.7 Å². The van der Waals surface area contributed by atoms with Crippen LogP contribution in [-0.2, 0) is 12.8 Å². The number of nitrogens with zero attached hydrogens (tertiary/aromatic N) is 3. The van der Waals surface area contributed by atoms with Crippen molar-refractivity contribution in [3.8, 4) is 0 Å². The van der Waals surface area contributed by atoms with Crippen molar-refractivity contribution in [2.45, 2.75) is 26.2 Å². The largest absolute Gasteiger partial charge is 0.357 e. The molecule has 0 fully saturated rings. The van der Waals surface area contributed by atoms with Crippen LogP contribution in [0, 0.1) is 0 Å². The molecule has 0 bridgehead atoms. The van der Waals surface area contributed by atoms with Gasteiger partial charge in [-0.15, -0.1) is 24.0 Å². The highest BCUT2D eigenvalue weighted by Crippen LogP contribution is 2.11. The number of halogens is 1. The van der Waals surface area contributed by atoms with Gasteiger partial charge in [0.25, 0.3) is 0 Å². The molecule has 3 aromatic rings. The number of aliphatic imine (C=N–C) groups is 1. The molecule has 0 saturated heterocycles. The van der Waals surface area contributed by atoms with Crippen molar-refractivity contribution in [3.05, 3.63) is 60.2 Å². The SMILES string of the molecule is CCNC(=NCCCc1nc2ccccc2[nH]1)NCCc1ccccn1.I. The maximum Gasteiger partial charge on any atom is 0.191 e. The predicted molar refractivity (Wildman–Crippen MR) is 122 cm³/mol. The Morgan fingerprint density at radius 2 is 1.93 bits per heavy atom. The Morgan fingerprint density at radius 3 is 2.70 bits per heavy atom. The average molecular weight is 478 g/mol. The molecule has 0 unspecified atom stereocenters. The van der Waals surface area contributed by atoms with Crippen LogP contribution < -0.4 is 10.6 Å². The second kappa shape index (κ2) is 11.5. The van der Waals surface area contributed by atoms with E-state index < -0.39 is 0 Å². The molecule has 27 heavy (non-hydrogen) atoms. The zero-order valence-corrected chi connectivity index (χ0v) is 17.9. The molecule has 144 valence electrons. The number of H-pyrrole nitrogens is 1. The number of nitrogens with one attached hydrogen (secondary N) is 3. The number of hydrogen-bond acceptors (Lipinski definition) is 3. The van der Waals surface area contributed by atoms with Gasteiger partial charge in [0.1, 0.15) is 5.82 Å². The summed E-state index contributed by atoms with van der Waals surface area (Å²) in [7, 11) is 0. The molecule has 0 aliphatic rings. The van der Waals surface area contributed by atoms with Crippen LogP contribution in [0.5, 0.6) is 0 Å². The molecular weight excluding hydrogens is 451 g/mol. The molecule has 2 heterocycles. The molecule has 7 heteroatoms. The first-order valence-corrected chi connectivity index (χ1v) is 9.21. The summed E-state index contributed by atoms with van der Waals surface area (Å²) in [5.74, 6) is 1.88. The standard InChI is InChI=1S/C20H26N6.HI/c1-2-21-20(24-15-12-16-8-5-6-13-22-16)23-14-7-11-19-25-17-9-3-4-10-18(17)26-19;/h3-6,8-10,13H,2,7,11-12,14-15H2,1H3,(H,25,26)(H2,21,23,24);1H. The Balaban J connectivity index is 0.00000261. The van der Waals surface area contributed by atoms with E-state index in [0.717, 1.165) is 67.4 Å². The highest BCUT2D eigenvalue weighted by molar-refractivity contribution is 14.0. The number of aromatic amines is 1. The minimum absolute atomic E-state index is 0. The molecule has 3 N–H and O–H groups in total. The first-order valence-electron chi connectivity index (χ1n) is 9.21. The lowest BCUT2D eigenvalue weighted by molar-refractivity contribution is 0.759. The summed E-state index contributed by atoms with van der Waals surface area (Å²) in [5.41, 5.74) is 3.20. The maximum atomic E-state index is 4.65. The van der Waals surface area contributed by atoms with E-state index in [9.17, 15) is 0 Å². The van der Waals surface area contributed by atoms with Gasteiger partial charge in [0.15, 0.2) is 5.96 Å². The van der Waals surface area contributed by atoms with Gasteiger partial charge in [0, 0.05) is 44.4 Å². The van der Waals surface area contributed by atoms with E-state index in [2.05, 4.69) is 43.6 Å². The van der Waals surface area contributed by atoms with E-state index in [1.165, 1.54) is 0 Å². The molecular formula is C20H27IN6. The first-order chi connectivity index (χ1) is 12.8. The smallest absolute Gasteiger partial charge is 0.191 e. The third-order valence-electron chi connectivity index (χ3n) is 4.02. The number of para-hydroxylation sites is 2. The van der Waals surface area contributed by atoms with E-state index >= 15 is 0 Å². The van der Waals surface area contributed by atoms with Crippen LogP contribution in [0.2, 0.25) is 0 Å². The lowest BCUT2D eigenvalue weighted by atomic mass is 10.3. The van der Waals surface area contributed by atoms with Gasteiger partial charge in [-0.25, -0.2) is 4.98 Å². The molecule has 0 aliphatic heterocycles. The Hall–Kier alpha value is -2.16. The van der Waals surface area contributed by atoms with E-state index in [0.29, 0.717) is 0 Å². The lowest BCUT2D eigenvalue weighted by Gasteiger charge is -2.10. The first kappa shape index (κ1) is 21.1. The normalized spacial score (nSPS) is 11.2. The number of benzene rings is 1. The van der Waals surface area contributed by atoms with Crippen LogP contribution >= 0.6 is 24.0 Å². The Bertz CT molecular complexity index is 798. The predicted octanol–water partition coefficient (Wildman–Crippen LogP) is 3.31. The molecule has 6 nitrogen and oxygen atoms in total. The van der Waals surface area contributed by atoms with Gasteiger partial charge in [0.2, 0.25) is 0 Å². The van der Waals surface area contributed by atoms with Crippen molar-refractivity contribution in [2.24, 2.45) is 4.99 Å². The minimum Gasteiger partial charge on any atom is -0.357 e. The van der Waals surface area contributed by atoms with Crippen molar-refractivity contribution in [2.75, 3.05) is 19.6 Å². The van der Waals surface area contributed by atoms with Crippen molar-refractivity contribution in [1.29, 1.82) is 0 Å². The number of aromatic nitrogens is 3. The number of fused-ring (bicyclic) bond motifs is 1. The fraction of sp³-hybridized carbons (Fsp3) is 0.350. The van der Waals surface area contributed by atoms with Crippen LogP contribution in [0.3, 0.4) is 0 Å². The van der Waals surface area contributed by atoms with Crippen LogP contribution in [0.1, 0.15) is 24.9 Å². The van der Waals surface area contributed by atoms with Gasteiger partial charge in [-0.1, -0.05) is 18.2 Å². The summed E-state index contributed by atoms with van der Waals surface area (Å²) in [4.78, 5) is 17.0. The summed E-state index contributed by atoms with van der Waals surface area (Å²) in [6.07, 6.45) is 4.55. The molecule has 0 radical (unpaired) electrons. The Morgan fingerprint density at radius 1 is 1.07 bits per heavy atom. The fourth-order valence-electron chi connectivity index (χ4n) is 2.76. The number of rotatable bonds is 8. The molecule has 1 aromatic carbocycles. The molecule has 0 atom stereocenters. The molecule has 2 aromatic heterocycles. The van der Waals surface area contributed by atoms with Gasteiger partial charge in [-0.2, -0.15) is 0 Å². The third kappa shape index (κ3) is 6.82. The maximum absolute atomic E-state index is 4.65. The lowest BCUT2D eigenvalue weighted by Crippen LogP contribution is -2.38. The molecule has 0 aliphatic carbocycles. The number of aryl methyl sites for hydroxylation is 1. The average Bonchev–Trinajstić information content (AvgIpc) is 3.09. The zero-order chi connectivity index (χ0) is 18.0. The van der Waals surface area contributed by atoms with Gasteiger partial charge < -0.3 is 15.6 Å². The van der Waals surface area contributed by atoms with E-state index in [1.54, 1.807) is 0 Å². The van der Waals surface area contributed by atoms with E-state index in [-0.39, 0.29) is 24.0 Å². The minimum atomic E-state index is 0. The monoisotopic (exact) mass is 478 g/mol. The van der Waals surface area contributed by atoms with Crippen LogP contribution in [-0.4, -0.2) is 40.5 Å².